The summed E-state index contributed by atoms with van der Waals surface area (Å²) in [5.74, 6) is 0.790. The Morgan fingerprint density at radius 1 is 1.06 bits per heavy atom. The third-order valence-electron chi connectivity index (χ3n) is 6.21. The number of hydrogen-bond donors (Lipinski definition) is 1. The Morgan fingerprint density at radius 3 is 2.39 bits per heavy atom. The topological polar surface area (TPSA) is 105 Å². The molecule has 0 spiro atoms. The summed E-state index contributed by atoms with van der Waals surface area (Å²) in [6, 6.07) is 13.6. The van der Waals surface area contributed by atoms with E-state index in [0.717, 1.165) is 10.9 Å². The van der Waals surface area contributed by atoms with Crippen molar-refractivity contribution in [3.63, 3.8) is 0 Å². The fourth-order valence-corrected chi connectivity index (χ4v) is 6.11. The molecule has 1 N–H and O–H groups in total. The molecule has 0 radical (unpaired) electrons. The molecule has 0 bridgehead atoms. The molecule has 2 aromatic carbocycles. The summed E-state index contributed by atoms with van der Waals surface area (Å²) >= 11 is 6.14. The van der Waals surface area contributed by atoms with E-state index in [0.29, 0.717) is 44.4 Å². The van der Waals surface area contributed by atoms with Gasteiger partial charge in [0.15, 0.2) is 0 Å². The van der Waals surface area contributed by atoms with Crippen LogP contribution in [0.1, 0.15) is 19.7 Å². The van der Waals surface area contributed by atoms with Crippen LogP contribution < -0.4 is 5.32 Å². The molecule has 0 unspecified atom stereocenters. The Hall–Kier alpha value is -2.79. The largest absolute Gasteiger partial charge is 0.467 e. The minimum absolute atomic E-state index is 0.0113. The highest BCUT2D eigenvalue weighted by Gasteiger charge is 2.30. The van der Waals surface area contributed by atoms with E-state index < -0.39 is 16.1 Å². The Labute approximate surface area is 216 Å². The van der Waals surface area contributed by atoms with Crippen molar-refractivity contribution in [1.29, 1.82) is 0 Å². The van der Waals surface area contributed by atoms with Crippen LogP contribution in [0.4, 0.5) is 5.82 Å². The molecule has 3 aromatic rings. The van der Waals surface area contributed by atoms with E-state index >= 15 is 0 Å². The van der Waals surface area contributed by atoms with Crippen molar-refractivity contribution in [2.75, 3.05) is 38.6 Å². The van der Waals surface area contributed by atoms with Gasteiger partial charge in [-0.2, -0.15) is 4.31 Å². The number of para-hydroxylation sites is 1. The fourth-order valence-electron chi connectivity index (χ4n) is 4.20. The van der Waals surface area contributed by atoms with Crippen LogP contribution in [0.15, 0.2) is 53.4 Å². The molecule has 1 saturated heterocycles. The summed E-state index contributed by atoms with van der Waals surface area (Å²) < 4.78 is 32.5. The van der Waals surface area contributed by atoms with Crippen LogP contribution in [0.2, 0.25) is 5.02 Å². The molecule has 1 aliphatic heterocycles. The van der Waals surface area contributed by atoms with E-state index in [-0.39, 0.29) is 21.8 Å². The van der Waals surface area contributed by atoms with E-state index in [9.17, 15) is 13.2 Å². The lowest BCUT2D eigenvalue weighted by atomic mass is 10.0. The first-order valence-electron chi connectivity index (χ1n) is 11.8. The molecule has 0 amide bonds. The minimum Gasteiger partial charge on any atom is -0.467 e. The first-order chi connectivity index (χ1) is 17.2. The number of halogens is 1. The molecule has 1 aromatic heterocycles. The van der Waals surface area contributed by atoms with Crippen LogP contribution in [0.5, 0.6) is 0 Å². The molecule has 36 heavy (non-hydrogen) atoms. The third kappa shape index (κ3) is 5.62. The monoisotopic (exact) mass is 531 g/mol. The summed E-state index contributed by atoms with van der Waals surface area (Å²) in [6.07, 6.45) is 0. The van der Waals surface area contributed by atoms with Crippen LogP contribution in [-0.2, 0) is 26.1 Å². The van der Waals surface area contributed by atoms with Crippen molar-refractivity contribution < 1.29 is 17.9 Å². The molecule has 1 fully saturated rings. The number of sulfonamides is 1. The van der Waals surface area contributed by atoms with Crippen molar-refractivity contribution in [1.82, 2.24) is 19.2 Å². The minimum atomic E-state index is -3.67. The van der Waals surface area contributed by atoms with Gasteiger partial charge in [-0.05, 0) is 30.2 Å². The molecule has 1 atom stereocenters. The number of carbonyl (C=O) groups is 1. The predicted octanol–water partition coefficient (Wildman–Crippen LogP) is 3.40. The fraction of sp³-hybridized carbons (Fsp3) is 0.400. The van der Waals surface area contributed by atoms with Gasteiger partial charge in [-0.25, -0.2) is 23.2 Å². The molecule has 4 rings (SSSR count). The first kappa shape index (κ1) is 26.3. The van der Waals surface area contributed by atoms with E-state index in [4.69, 9.17) is 26.3 Å². The summed E-state index contributed by atoms with van der Waals surface area (Å²) in [5, 5.41) is 4.29. The summed E-state index contributed by atoms with van der Waals surface area (Å²) in [7, 11) is -2.30. The van der Waals surface area contributed by atoms with Crippen LogP contribution >= 0.6 is 11.6 Å². The summed E-state index contributed by atoms with van der Waals surface area (Å²) in [5.41, 5.74) is 0.761. The standard InChI is InChI=1S/C25H30ClN5O4S/c1-17(2)23(25(32)35-3)29-24-18-8-4-6-10-20(18)27-22(28-24)16-30-12-14-31(15-13-30)36(33,34)21-11-7-5-9-19(21)26/h4-11,17,23H,12-16H2,1-3H3,(H,27,28,29)/t23-/m0/s1. The number of methoxy groups -OCH3 is 1. The van der Waals surface area contributed by atoms with Crippen LogP contribution in [0.25, 0.3) is 10.9 Å². The number of nitrogens with zero attached hydrogens (tertiary/aromatic N) is 4. The normalized spacial score (nSPS) is 16.2. The number of aromatic nitrogens is 2. The highest BCUT2D eigenvalue weighted by molar-refractivity contribution is 7.89. The Bertz CT molecular complexity index is 1340. The maximum absolute atomic E-state index is 13.1. The van der Waals surface area contributed by atoms with Gasteiger partial charge in [0, 0.05) is 31.6 Å². The summed E-state index contributed by atoms with van der Waals surface area (Å²) in [6.45, 7) is 6.06. The molecular formula is C25H30ClN5O4S. The number of rotatable bonds is 8. The van der Waals surface area contributed by atoms with Crippen LogP contribution in [0.3, 0.4) is 0 Å². The average molecular weight is 532 g/mol. The third-order valence-corrected chi connectivity index (χ3v) is 8.61. The lowest BCUT2D eigenvalue weighted by Crippen LogP contribution is -2.48. The number of piperazine rings is 1. The van der Waals surface area contributed by atoms with Gasteiger partial charge in [0.05, 0.1) is 24.2 Å². The van der Waals surface area contributed by atoms with Crippen LogP contribution in [-0.4, -0.2) is 72.9 Å². The van der Waals surface area contributed by atoms with Gasteiger partial charge in [0.2, 0.25) is 10.0 Å². The van der Waals surface area contributed by atoms with Crippen molar-refractivity contribution in [2.24, 2.45) is 5.92 Å². The van der Waals surface area contributed by atoms with Gasteiger partial charge in [0.1, 0.15) is 22.6 Å². The zero-order valence-corrected chi connectivity index (χ0v) is 22.1. The van der Waals surface area contributed by atoms with E-state index in [2.05, 4.69) is 10.2 Å². The summed E-state index contributed by atoms with van der Waals surface area (Å²) in [4.78, 5) is 24.0. The Balaban J connectivity index is 1.51. The van der Waals surface area contributed by atoms with Crippen molar-refractivity contribution >= 4 is 44.3 Å². The van der Waals surface area contributed by atoms with Gasteiger partial charge >= 0.3 is 5.97 Å². The van der Waals surface area contributed by atoms with Gasteiger partial charge in [0.25, 0.3) is 0 Å². The second-order valence-electron chi connectivity index (χ2n) is 9.01. The second kappa shape index (κ2) is 11.1. The maximum Gasteiger partial charge on any atom is 0.328 e. The number of esters is 1. The number of carbonyl (C=O) groups excluding carboxylic acids is 1. The number of nitrogens with one attached hydrogen (secondary N) is 1. The molecule has 0 saturated carbocycles. The van der Waals surface area contributed by atoms with E-state index in [1.807, 2.05) is 38.1 Å². The first-order valence-corrected chi connectivity index (χ1v) is 13.6. The van der Waals surface area contributed by atoms with Crippen molar-refractivity contribution in [3.05, 3.63) is 59.4 Å². The molecule has 11 heteroatoms. The molecule has 1 aliphatic rings. The number of ether oxygens (including phenoxy) is 1. The molecule has 0 aliphatic carbocycles. The lowest BCUT2D eigenvalue weighted by molar-refractivity contribution is -0.142. The quantitative estimate of drug-likeness (QED) is 0.441. The average Bonchev–Trinajstić information content (AvgIpc) is 2.87. The van der Waals surface area contributed by atoms with Gasteiger partial charge < -0.3 is 10.1 Å². The number of anilines is 1. The molecule has 2 heterocycles. The highest BCUT2D eigenvalue weighted by Crippen LogP contribution is 2.26. The number of benzene rings is 2. The lowest BCUT2D eigenvalue weighted by Gasteiger charge is -2.33. The van der Waals surface area contributed by atoms with Gasteiger partial charge in [-0.3, -0.25) is 4.90 Å². The van der Waals surface area contributed by atoms with Gasteiger partial charge in [-0.1, -0.05) is 49.7 Å². The van der Waals surface area contributed by atoms with E-state index in [1.54, 1.807) is 18.2 Å². The van der Waals surface area contributed by atoms with E-state index in [1.165, 1.54) is 17.5 Å². The molecule has 192 valence electrons. The molecular weight excluding hydrogens is 502 g/mol. The SMILES string of the molecule is COC(=O)[C@@H](Nc1nc(CN2CCN(S(=O)(=O)c3ccccc3Cl)CC2)nc2ccccc12)C(C)C. The zero-order chi connectivity index (χ0) is 25.9. The Kier molecular flexibility index (Phi) is 8.09. The maximum atomic E-state index is 13.1. The van der Waals surface area contributed by atoms with Gasteiger partial charge in [-0.15, -0.1) is 0 Å². The number of hydrogen-bond acceptors (Lipinski definition) is 8. The van der Waals surface area contributed by atoms with Crippen molar-refractivity contribution in [2.45, 2.75) is 31.3 Å². The second-order valence-corrected chi connectivity index (χ2v) is 11.3. The Morgan fingerprint density at radius 2 is 1.72 bits per heavy atom. The smallest absolute Gasteiger partial charge is 0.328 e. The predicted molar refractivity (Wildman–Crippen MR) is 139 cm³/mol. The molecule has 9 nitrogen and oxygen atoms in total. The zero-order valence-electron chi connectivity index (χ0n) is 20.5. The van der Waals surface area contributed by atoms with Crippen LogP contribution in [0, 0.1) is 5.92 Å². The highest BCUT2D eigenvalue weighted by atomic mass is 35.5. The number of fused-ring (bicyclic) bond motifs is 1. The van der Waals surface area contributed by atoms with Crippen molar-refractivity contribution in [3.8, 4) is 0 Å².